The van der Waals surface area contributed by atoms with Crippen LogP contribution in [0.2, 0.25) is 0 Å². The summed E-state index contributed by atoms with van der Waals surface area (Å²) in [6, 6.07) is 35.5. The maximum absolute atomic E-state index is 8.96. The molecule has 0 bridgehead atoms. The fraction of sp³-hybridized carbons (Fsp3) is 0.283. The number of fused-ring (bicyclic) bond motifs is 2. The van der Waals surface area contributed by atoms with Gasteiger partial charge in [-0.3, -0.25) is 0 Å². The van der Waals surface area contributed by atoms with E-state index in [1.165, 1.54) is 22.8 Å². The number of hydrogen-bond donors (Lipinski definition) is 3. The Bertz CT molecular complexity index is 2770. The van der Waals surface area contributed by atoms with E-state index in [1.54, 1.807) is 30.3 Å². The van der Waals surface area contributed by atoms with E-state index in [4.69, 9.17) is 36.1 Å². The average molecular weight is 881 g/mol. The zero-order valence-corrected chi connectivity index (χ0v) is 37.4. The van der Waals surface area contributed by atoms with Crippen LogP contribution in [0.25, 0.3) is 6.08 Å². The number of benzene rings is 4. The van der Waals surface area contributed by atoms with Gasteiger partial charge in [-0.15, -0.1) is 0 Å². The van der Waals surface area contributed by atoms with Gasteiger partial charge in [-0.1, -0.05) is 46.9 Å². The molecule has 3 N–H and O–H groups in total. The third-order valence-corrected chi connectivity index (χ3v) is 10.5. The van der Waals surface area contributed by atoms with Crippen molar-refractivity contribution in [2.45, 2.75) is 82.1 Å². The molecule has 0 unspecified atom stereocenters. The van der Waals surface area contributed by atoms with E-state index < -0.39 is 0 Å². The molecule has 66 heavy (non-hydrogen) atoms. The van der Waals surface area contributed by atoms with Crippen LogP contribution in [0.1, 0.15) is 91.0 Å². The van der Waals surface area contributed by atoms with Gasteiger partial charge in [-0.05, 0) is 142 Å². The lowest BCUT2D eigenvalue weighted by Gasteiger charge is -2.22. The number of aromatic nitrogens is 4. The molecule has 0 radical (unpaired) electrons. The molecule has 4 aromatic carbocycles. The number of hydrogen-bond acceptors (Lipinski definition) is 13. The van der Waals surface area contributed by atoms with Gasteiger partial charge in [0.15, 0.2) is 0 Å². The van der Waals surface area contributed by atoms with Crippen molar-refractivity contribution in [1.29, 1.82) is 21.0 Å². The molecular formula is C53H60N12O. The molecule has 338 valence electrons. The lowest BCUT2D eigenvalue weighted by molar-refractivity contribution is 0.399. The first-order valence-electron chi connectivity index (χ1n) is 21.1. The summed E-state index contributed by atoms with van der Waals surface area (Å²) in [4.78, 5) is 23.4. The van der Waals surface area contributed by atoms with Crippen LogP contribution in [0, 0.1) is 73.0 Å². The molecule has 6 aromatic rings. The molecule has 0 saturated carbocycles. The fourth-order valence-electron chi connectivity index (χ4n) is 7.54. The molecular weight excluding hydrogens is 821 g/mol. The molecule has 13 nitrogen and oxygen atoms in total. The summed E-state index contributed by atoms with van der Waals surface area (Å²) < 4.78 is 0. The van der Waals surface area contributed by atoms with E-state index in [0.29, 0.717) is 29.4 Å². The van der Waals surface area contributed by atoms with E-state index in [-0.39, 0.29) is 14.9 Å². The number of aliphatic hydroxyl groups is 1. The maximum atomic E-state index is 8.96. The highest BCUT2D eigenvalue weighted by atomic mass is 16.2. The van der Waals surface area contributed by atoms with E-state index in [0.717, 1.165) is 102 Å². The molecule has 0 atom stereocenters. The van der Waals surface area contributed by atoms with Crippen molar-refractivity contribution < 1.29 is 5.11 Å². The van der Waals surface area contributed by atoms with Gasteiger partial charge < -0.3 is 25.5 Å². The fourth-order valence-corrected chi connectivity index (χ4v) is 7.54. The first-order chi connectivity index (χ1) is 31.2. The number of nitrogens with zero attached hydrogens (tertiary/aromatic N) is 10. The third kappa shape index (κ3) is 12.5. The average Bonchev–Trinajstić information content (AvgIpc) is 3.95. The lowest BCUT2D eigenvalue weighted by Crippen LogP contribution is -2.16. The number of allylic oxidation sites excluding steroid dienone is 1. The molecule has 0 spiro atoms. The van der Waals surface area contributed by atoms with Gasteiger partial charge in [0.25, 0.3) is 0 Å². The summed E-state index contributed by atoms with van der Waals surface area (Å²) in [6.45, 7) is 13.9. The van der Waals surface area contributed by atoms with Crippen molar-refractivity contribution in [2.24, 2.45) is 0 Å². The predicted octanol–water partition coefficient (Wildman–Crippen LogP) is 11.7. The highest BCUT2D eigenvalue weighted by molar-refractivity contribution is 5.74. The molecule has 13 heteroatoms. The van der Waals surface area contributed by atoms with Crippen molar-refractivity contribution in [1.82, 2.24) is 19.9 Å². The topological polar surface area (TPSA) is 197 Å². The van der Waals surface area contributed by atoms with Gasteiger partial charge in [0, 0.05) is 78.0 Å². The minimum atomic E-state index is 0. The molecule has 2 aliphatic rings. The molecule has 2 aromatic heterocycles. The molecule has 2 aliphatic heterocycles. The summed E-state index contributed by atoms with van der Waals surface area (Å²) in [5.74, 6) is 2.94. The number of nitrogens with one attached hydrogen (secondary N) is 2. The Balaban J connectivity index is 0.000000317. The van der Waals surface area contributed by atoms with Crippen molar-refractivity contribution in [3.8, 4) is 24.3 Å². The summed E-state index contributed by atoms with van der Waals surface area (Å²) >= 11 is 0. The van der Waals surface area contributed by atoms with Crippen molar-refractivity contribution in [3.63, 3.8) is 0 Å². The normalized spacial score (nSPS) is 11.4. The van der Waals surface area contributed by atoms with Crippen LogP contribution in [0.5, 0.6) is 0 Å². The second-order valence-corrected chi connectivity index (χ2v) is 14.6. The minimum absolute atomic E-state index is 0. The first-order valence-corrected chi connectivity index (χ1v) is 21.1. The highest BCUT2D eigenvalue weighted by Gasteiger charge is 2.28. The molecule has 0 aliphatic carbocycles. The lowest BCUT2D eigenvalue weighted by atomic mass is 10.1. The van der Waals surface area contributed by atoms with E-state index in [9.17, 15) is 0 Å². The Labute approximate surface area is 391 Å². The predicted molar refractivity (Wildman–Crippen MR) is 268 cm³/mol. The molecule has 0 fully saturated rings. The van der Waals surface area contributed by atoms with Gasteiger partial charge in [-0.2, -0.15) is 31.0 Å². The van der Waals surface area contributed by atoms with Gasteiger partial charge >= 0.3 is 0 Å². The van der Waals surface area contributed by atoms with E-state index >= 15 is 0 Å². The number of aliphatic hydroxyl groups excluding tert-OH is 1. The molecule has 0 saturated heterocycles. The van der Waals surface area contributed by atoms with Crippen LogP contribution in [-0.4, -0.2) is 45.2 Å². The first kappa shape index (κ1) is 52.2. The Kier molecular flexibility index (Phi) is 20.0. The smallest absolute Gasteiger partial charge is 0.229 e. The molecule has 8 rings (SSSR count). The summed E-state index contributed by atoms with van der Waals surface area (Å²) in [5, 5.41) is 49.0. The van der Waals surface area contributed by atoms with Crippen LogP contribution in [0.4, 0.5) is 46.3 Å². The van der Waals surface area contributed by atoms with Gasteiger partial charge in [0.2, 0.25) is 11.9 Å². The Hall–Kier alpha value is -8.10. The summed E-state index contributed by atoms with van der Waals surface area (Å²) in [7, 11) is 1.00. The van der Waals surface area contributed by atoms with Crippen LogP contribution in [0.3, 0.4) is 0 Å². The third-order valence-electron chi connectivity index (χ3n) is 10.5. The van der Waals surface area contributed by atoms with Crippen molar-refractivity contribution in [3.05, 3.63) is 147 Å². The van der Waals surface area contributed by atoms with Gasteiger partial charge in [-0.25, -0.2) is 9.97 Å². The van der Waals surface area contributed by atoms with Crippen LogP contribution < -0.4 is 20.4 Å². The monoisotopic (exact) mass is 881 g/mol. The van der Waals surface area contributed by atoms with Crippen LogP contribution in [-0.2, 0) is 19.3 Å². The van der Waals surface area contributed by atoms with Crippen LogP contribution >= 0.6 is 0 Å². The summed E-state index contributed by atoms with van der Waals surface area (Å²) in [6.07, 6.45) is 6.40. The largest absolute Gasteiger partial charge is 0.400 e. The second kappa shape index (κ2) is 25.3. The standard InChI is InChI=1S/C24H22N6.C24H20N6.C2H6.CH4O.2CH4/c2*1-16-14-18(4-3-12-25)7-10-22(16)30-13-11-21-17(2)27-24(29-23(21)30)28-20-8-5-19(15-26)6-9-20;2*1-2;;/h5-10,14H,3-4,11,13H2,1-2H3,(H,27,28,29);3-10,14H,11,13H2,1-2H3,(H,27,28,29);1-2H3;2H,1H3;2*1H4/b;4-3+;;;;. The van der Waals surface area contributed by atoms with Gasteiger partial charge in [0.05, 0.1) is 35.4 Å². The maximum Gasteiger partial charge on any atom is 0.229 e. The van der Waals surface area contributed by atoms with Crippen molar-refractivity contribution in [2.75, 3.05) is 40.6 Å². The number of nitriles is 4. The summed E-state index contributed by atoms with van der Waals surface area (Å²) in [5.41, 5.74) is 13.9. The molecule has 0 amide bonds. The van der Waals surface area contributed by atoms with E-state index in [1.807, 2.05) is 64.1 Å². The number of rotatable bonds is 9. The van der Waals surface area contributed by atoms with Gasteiger partial charge in [0.1, 0.15) is 11.6 Å². The molecule has 4 heterocycles. The highest BCUT2D eigenvalue weighted by Crippen LogP contribution is 2.39. The SMILES string of the molecule is C.C.CC.CO.Cc1cc(/C=C/C#N)ccc1N1CCc2c(C)nc(Nc3ccc(C#N)cc3)nc21.Cc1cc(CCC#N)ccc1N1CCc2c(C)nc(Nc3ccc(C#N)cc3)nc21. The number of aryl methyl sites for hydroxylation is 5. The minimum Gasteiger partial charge on any atom is -0.400 e. The Morgan fingerprint density at radius 2 is 1.08 bits per heavy atom. The van der Waals surface area contributed by atoms with E-state index in [2.05, 4.69) is 92.8 Å². The van der Waals surface area contributed by atoms with Crippen LogP contribution in [0.15, 0.2) is 91.0 Å². The Morgan fingerprint density at radius 1 is 0.621 bits per heavy atom. The number of anilines is 8. The zero-order chi connectivity index (χ0) is 46.2. The van der Waals surface area contributed by atoms with Crippen molar-refractivity contribution >= 4 is 52.4 Å². The Morgan fingerprint density at radius 3 is 1.48 bits per heavy atom. The second-order valence-electron chi connectivity index (χ2n) is 14.6. The quantitative estimate of drug-likeness (QED) is 0.116. The zero-order valence-electron chi connectivity index (χ0n) is 37.4.